The molecule has 1 aromatic rings. The first-order valence-corrected chi connectivity index (χ1v) is 9.45. The maximum Gasteiger partial charge on any atom is 0.170 e. The Hall–Kier alpha value is -0.130. The molecule has 0 aliphatic heterocycles. The Balaban J connectivity index is 2.00. The molecule has 1 aromatic heterocycles. The molecule has 0 saturated heterocycles. The molecule has 3 atom stereocenters. The van der Waals surface area contributed by atoms with Crippen molar-refractivity contribution >= 4 is 23.3 Å². The van der Waals surface area contributed by atoms with E-state index in [9.17, 15) is 0 Å². The van der Waals surface area contributed by atoms with Crippen LogP contribution in [0.25, 0.3) is 0 Å². The van der Waals surface area contributed by atoms with Crippen LogP contribution in [0, 0.1) is 18.8 Å². The largest absolute Gasteiger partial charge is 0.313 e. The number of aryl methyl sites for hydroxylation is 1. The van der Waals surface area contributed by atoms with Gasteiger partial charge in [-0.1, -0.05) is 32.5 Å². The maximum absolute atomic E-state index is 4.53. The van der Waals surface area contributed by atoms with Crippen LogP contribution >= 0.6 is 23.3 Å². The van der Waals surface area contributed by atoms with Gasteiger partial charge in [-0.25, -0.2) is 4.98 Å². The van der Waals surface area contributed by atoms with Crippen LogP contribution in [0.15, 0.2) is 4.34 Å². The summed E-state index contributed by atoms with van der Waals surface area (Å²) in [6, 6.07) is 0.638. The molecule has 3 unspecified atom stereocenters. The van der Waals surface area contributed by atoms with Crippen molar-refractivity contribution in [2.75, 3.05) is 6.54 Å². The molecule has 1 heterocycles. The zero-order valence-corrected chi connectivity index (χ0v) is 14.7. The fourth-order valence-electron chi connectivity index (χ4n) is 2.91. The first-order valence-electron chi connectivity index (χ1n) is 7.80. The quantitative estimate of drug-likeness (QED) is 0.857. The molecule has 0 aromatic carbocycles. The Bertz CT molecular complexity index is 406. The lowest BCUT2D eigenvalue weighted by molar-refractivity contribution is 0.246. The summed E-state index contributed by atoms with van der Waals surface area (Å²) in [4.78, 5) is 4.53. The molecule has 1 fully saturated rings. The van der Waals surface area contributed by atoms with Gasteiger partial charge in [0.25, 0.3) is 0 Å². The predicted octanol–water partition coefficient (Wildman–Crippen LogP) is 4.13. The molecular formula is C15H27N3S2. The van der Waals surface area contributed by atoms with Crippen molar-refractivity contribution in [3.05, 3.63) is 5.82 Å². The second-order valence-electron chi connectivity index (χ2n) is 6.14. The molecule has 1 aliphatic rings. The van der Waals surface area contributed by atoms with E-state index in [1.807, 2.05) is 18.7 Å². The zero-order chi connectivity index (χ0) is 14.5. The standard InChI is InChI=1S/C15H27N3S2/c1-5-8-16-13-7-6-12(10(2)3)9-14(13)19-15-17-11(4)18-20-15/h10,12-14,16H,5-9H2,1-4H3. The highest BCUT2D eigenvalue weighted by atomic mass is 32.2. The highest BCUT2D eigenvalue weighted by Gasteiger charge is 2.32. The number of thioether (sulfide) groups is 1. The average Bonchev–Trinajstić information content (AvgIpc) is 2.82. The van der Waals surface area contributed by atoms with E-state index in [0.717, 1.165) is 28.5 Å². The summed E-state index contributed by atoms with van der Waals surface area (Å²) in [5.74, 6) is 2.56. The number of rotatable bonds is 6. The smallest absolute Gasteiger partial charge is 0.170 e. The van der Waals surface area contributed by atoms with Gasteiger partial charge in [-0.15, -0.1) is 0 Å². The van der Waals surface area contributed by atoms with Crippen molar-refractivity contribution in [3.8, 4) is 0 Å². The molecule has 0 bridgehead atoms. The van der Waals surface area contributed by atoms with E-state index < -0.39 is 0 Å². The third-order valence-electron chi connectivity index (χ3n) is 4.19. The minimum Gasteiger partial charge on any atom is -0.313 e. The van der Waals surface area contributed by atoms with Gasteiger partial charge >= 0.3 is 0 Å². The van der Waals surface area contributed by atoms with Gasteiger partial charge in [0, 0.05) is 11.3 Å². The summed E-state index contributed by atoms with van der Waals surface area (Å²) in [5, 5.41) is 4.39. The lowest BCUT2D eigenvalue weighted by Crippen LogP contribution is -2.43. The SMILES string of the molecule is CCCNC1CCC(C(C)C)CC1Sc1nc(C)ns1. The van der Waals surface area contributed by atoms with Crippen molar-refractivity contribution in [2.45, 2.75) is 69.0 Å². The van der Waals surface area contributed by atoms with Gasteiger partial charge in [0.05, 0.1) is 0 Å². The third kappa shape index (κ3) is 4.43. The minimum absolute atomic E-state index is 0.638. The lowest BCUT2D eigenvalue weighted by Gasteiger charge is -2.37. The Labute approximate surface area is 131 Å². The van der Waals surface area contributed by atoms with E-state index in [1.165, 1.54) is 25.7 Å². The predicted molar refractivity (Wildman–Crippen MR) is 88.6 cm³/mol. The third-order valence-corrected chi connectivity index (χ3v) is 6.42. The topological polar surface area (TPSA) is 37.8 Å². The summed E-state index contributed by atoms with van der Waals surface area (Å²) in [5.41, 5.74) is 0. The summed E-state index contributed by atoms with van der Waals surface area (Å²) in [6.45, 7) is 10.1. The molecule has 0 amide bonds. The van der Waals surface area contributed by atoms with E-state index in [0.29, 0.717) is 11.3 Å². The lowest BCUT2D eigenvalue weighted by atomic mass is 9.79. The van der Waals surface area contributed by atoms with Crippen LogP contribution in [-0.2, 0) is 0 Å². The van der Waals surface area contributed by atoms with Crippen molar-refractivity contribution in [1.29, 1.82) is 0 Å². The normalized spacial score (nSPS) is 27.1. The molecule has 5 heteroatoms. The molecule has 114 valence electrons. The fourth-order valence-corrected chi connectivity index (χ4v) is 5.18. The van der Waals surface area contributed by atoms with Crippen molar-refractivity contribution in [2.24, 2.45) is 11.8 Å². The van der Waals surface area contributed by atoms with Crippen LogP contribution in [0.4, 0.5) is 0 Å². The van der Waals surface area contributed by atoms with Gasteiger partial charge in [0.1, 0.15) is 5.82 Å². The fraction of sp³-hybridized carbons (Fsp3) is 0.867. The van der Waals surface area contributed by atoms with Gasteiger partial charge in [-0.2, -0.15) is 4.37 Å². The number of hydrogen-bond donors (Lipinski definition) is 1. The Morgan fingerprint density at radius 3 is 2.80 bits per heavy atom. The van der Waals surface area contributed by atoms with E-state index >= 15 is 0 Å². The first kappa shape index (κ1) is 16.2. The van der Waals surface area contributed by atoms with Crippen LogP contribution < -0.4 is 5.32 Å². The van der Waals surface area contributed by atoms with Crippen LogP contribution in [-0.4, -0.2) is 27.2 Å². The molecule has 20 heavy (non-hydrogen) atoms. The first-order chi connectivity index (χ1) is 9.60. The zero-order valence-electron chi connectivity index (χ0n) is 13.1. The molecule has 0 spiro atoms. The summed E-state index contributed by atoms with van der Waals surface area (Å²) in [7, 11) is 0. The monoisotopic (exact) mass is 313 g/mol. The summed E-state index contributed by atoms with van der Waals surface area (Å²) >= 11 is 3.50. The van der Waals surface area contributed by atoms with E-state index in [4.69, 9.17) is 0 Å². The molecule has 1 aliphatic carbocycles. The highest BCUT2D eigenvalue weighted by Crippen LogP contribution is 2.39. The molecular weight excluding hydrogens is 286 g/mol. The van der Waals surface area contributed by atoms with E-state index in [2.05, 4.69) is 35.4 Å². The number of nitrogens with one attached hydrogen (secondary N) is 1. The Morgan fingerprint density at radius 2 is 2.20 bits per heavy atom. The molecule has 2 rings (SSSR count). The maximum atomic E-state index is 4.53. The van der Waals surface area contributed by atoms with Crippen LogP contribution in [0.3, 0.4) is 0 Å². The van der Waals surface area contributed by atoms with E-state index in [1.54, 1.807) is 11.5 Å². The second-order valence-corrected chi connectivity index (χ2v) is 8.38. The van der Waals surface area contributed by atoms with Gasteiger partial charge in [0.2, 0.25) is 0 Å². The Kier molecular flexibility index (Phi) is 6.30. The number of aromatic nitrogens is 2. The minimum atomic E-state index is 0.638. The van der Waals surface area contributed by atoms with Crippen LogP contribution in [0.1, 0.15) is 52.3 Å². The van der Waals surface area contributed by atoms with Gasteiger partial charge in [-0.05, 0) is 62.5 Å². The van der Waals surface area contributed by atoms with Crippen molar-refractivity contribution in [3.63, 3.8) is 0 Å². The summed E-state index contributed by atoms with van der Waals surface area (Å²) < 4.78 is 5.45. The molecule has 1 saturated carbocycles. The van der Waals surface area contributed by atoms with Crippen LogP contribution in [0.5, 0.6) is 0 Å². The number of hydrogen-bond acceptors (Lipinski definition) is 5. The summed E-state index contributed by atoms with van der Waals surface area (Å²) in [6.07, 6.45) is 5.19. The van der Waals surface area contributed by atoms with Crippen molar-refractivity contribution in [1.82, 2.24) is 14.7 Å². The van der Waals surface area contributed by atoms with Gasteiger partial charge in [-0.3, -0.25) is 0 Å². The highest BCUT2D eigenvalue weighted by molar-refractivity contribution is 8.01. The van der Waals surface area contributed by atoms with Crippen molar-refractivity contribution < 1.29 is 0 Å². The van der Waals surface area contributed by atoms with Gasteiger partial charge < -0.3 is 5.32 Å². The molecule has 0 radical (unpaired) electrons. The molecule has 1 N–H and O–H groups in total. The Morgan fingerprint density at radius 1 is 1.40 bits per heavy atom. The number of nitrogens with zero attached hydrogens (tertiary/aromatic N) is 2. The average molecular weight is 314 g/mol. The van der Waals surface area contributed by atoms with Gasteiger partial charge in [0.15, 0.2) is 4.34 Å². The van der Waals surface area contributed by atoms with E-state index in [-0.39, 0.29) is 0 Å². The second kappa shape index (κ2) is 7.76. The molecule has 3 nitrogen and oxygen atoms in total. The van der Waals surface area contributed by atoms with Crippen LogP contribution in [0.2, 0.25) is 0 Å².